The maximum absolute atomic E-state index is 12.6. The molecule has 3 amide bonds. The molecule has 0 aliphatic rings. The maximum atomic E-state index is 12.6. The first-order valence-corrected chi connectivity index (χ1v) is 10.0. The summed E-state index contributed by atoms with van der Waals surface area (Å²) in [6.07, 6.45) is 1.32. The van der Waals surface area contributed by atoms with Crippen LogP contribution < -0.4 is 21.2 Å². The van der Waals surface area contributed by atoms with E-state index in [9.17, 15) is 14.4 Å². The summed E-state index contributed by atoms with van der Waals surface area (Å²) in [5.74, 6) is -1.44. The normalized spacial score (nSPS) is 11.9. The standard InChI is InChI=1S/C21H22Cl2N4O4/c1-12(2)19(26-20(29)13-3-5-15(22)6-4-13)21(30)27-25-10-14-9-16(23)7-8-17(14)31-11-18(24)28/h3-10,12,19H,11H2,1-2H3,(H2,24,28)(H,26,29)(H,27,30)/b25-10+. The average Bonchev–Trinajstić information content (AvgIpc) is 2.71. The van der Waals surface area contributed by atoms with Crippen LogP contribution in [-0.4, -0.2) is 36.6 Å². The lowest BCUT2D eigenvalue weighted by Crippen LogP contribution is -2.48. The van der Waals surface area contributed by atoms with Gasteiger partial charge < -0.3 is 15.8 Å². The molecule has 1 unspecified atom stereocenters. The van der Waals surface area contributed by atoms with Gasteiger partial charge in [-0.3, -0.25) is 14.4 Å². The summed E-state index contributed by atoms with van der Waals surface area (Å²) in [6, 6.07) is 10.2. The second-order valence-corrected chi connectivity index (χ2v) is 7.75. The minimum Gasteiger partial charge on any atom is -0.483 e. The number of hydrogen-bond acceptors (Lipinski definition) is 5. The molecular formula is C21H22Cl2N4O4. The number of carbonyl (C=O) groups is 3. The van der Waals surface area contributed by atoms with Crippen molar-refractivity contribution in [3.05, 3.63) is 63.6 Å². The summed E-state index contributed by atoms with van der Waals surface area (Å²) in [6.45, 7) is 3.27. The summed E-state index contributed by atoms with van der Waals surface area (Å²) in [5.41, 5.74) is 8.29. The third-order valence-electron chi connectivity index (χ3n) is 4.06. The van der Waals surface area contributed by atoms with Gasteiger partial charge in [0.25, 0.3) is 17.7 Å². The van der Waals surface area contributed by atoms with Crippen LogP contribution in [0, 0.1) is 5.92 Å². The van der Waals surface area contributed by atoms with Crippen LogP contribution in [0.2, 0.25) is 10.0 Å². The fourth-order valence-corrected chi connectivity index (χ4v) is 2.80. The second kappa shape index (κ2) is 11.3. The number of hydrogen-bond donors (Lipinski definition) is 3. The Kier molecular flexibility index (Phi) is 8.84. The summed E-state index contributed by atoms with van der Waals surface area (Å²) in [4.78, 5) is 36.0. The summed E-state index contributed by atoms with van der Waals surface area (Å²) in [5, 5.41) is 7.52. The molecule has 8 nitrogen and oxygen atoms in total. The Labute approximate surface area is 189 Å². The van der Waals surface area contributed by atoms with Gasteiger partial charge >= 0.3 is 0 Å². The van der Waals surface area contributed by atoms with Crippen LogP contribution >= 0.6 is 23.2 Å². The summed E-state index contributed by atoms with van der Waals surface area (Å²) < 4.78 is 5.30. The molecule has 0 fully saturated rings. The molecule has 4 N–H and O–H groups in total. The van der Waals surface area contributed by atoms with Gasteiger partial charge in [-0.1, -0.05) is 37.0 Å². The predicted octanol–water partition coefficient (Wildman–Crippen LogP) is 2.76. The highest BCUT2D eigenvalue weighted by Gasteiger charge is 2.24. The van der Waals surface area contributed by atoms with Gasteiger partial charge in [0, 0.05) is 21.2 Å². The van der Waals surface area contributed by atoms with Gasteiger partial charge in [0.15, 0.2) is 6.61 Å². The number of benzene rings is 2. The quantitative estimate of drug-likeness (QED) is 0.389. The number of ether oxygens (including phenoxy) is 1. The Morgan fingerprint density at radius 2 is 1.74 bits per heavy atom. The predicted molar refractivity (Wildman–Crippen MR) is 119 cm³/mol. The fourth-order valence-electron chi connectivity index (χ4n) is 2.50. The topological polar surface area (TPSA) is 123 Å². The molecular weight excluding hydrogens is 443 g/mol. The van der Waals surface area contributed by atoms with E-state index < -0.39 is 23.8 Å². The van der Waals surface area contributed by atoms with Crippen LogP contribution in [0.15, 0.2) is 47.6 Å². The third kappa shape index (κ3) is 7.58. The number of nitrogens with two attached hydrogens (primary N) is 1. The number of primary amides is 1. The van der Waals surface area contributed by atoms with Crippen LogP contribution in [-0.2, 0) is 9.59 Å². The molecule has 0 bridgehead atoms. The van der Waals surface area contributed by atoms with E-state index in [-0.39, 0.29) is 12.5 Å². The Morgan fingerprint density at radius 3 is 2.35 bits per heavy atom. The Bertz CT molecular complexity index is 978. The van der Waals surface area contributed by atoms with Crippen LogP contribution in [0.4, 0.5) is 0 Å². The Morgan fingerprint density at radius 1 is 1.10 bits per heavy atom. The van der Waals surface area contributed by atoms with E-state index in [0.717, 1.165) is 0 Å². The van der Waals surface area contributed by atoms with Crippen LogP contribution in [0.25, 0.3) is 0 Å². The lowest BCUT2D eigenvalue weighted by Gasteiger charge is -2.20. The first kappa shape index (κ1) is 24.2. The van der Waals surface area contributed by atoms with Crippen molar-refractivity contribution in [1.82, 2.24) is 10.7 Å². The molecule has 2 aromatic carbocycles. The van der Waals surface area contributed by atoms with Crippen LogP contribution in [0.5, 0.6) is 5.75 Å². The molecule has 0 aromatic heterocycles. The number of nitrogens with zero attached hydrogens (tertiary/aromatic N) is 1. The molecule has 0 saturated carbocycles. The number of rotatable bonds is 9. The zero-order valence-corrected chi connectivity index (χ0v) is 18.4. The minimum absolute atomic E-state index is 0.202. The lowest BCUT2D eigenvalue weighted by atomic mass is 10.0. The average molecular weight is 465 g/mol. The van der Waals surface area contributed by atoms with Gasteiger partial charge in [-0.2, -0.15) is 5.10 Å². The van der Waals surface area contributed by atoms with E-state index in [1.807, 2.05) is 0 Å². The molecule has 0 saturated heterocycles. The molecule has 0 radical (unpaired) electrons. The van der Waals surface area contributed by atoms with Crippen molar-refractivity contribution in [2.75, 3.05) is 6.61 Å². The van der Waals surface area contributed by atoms with Gasteiger partial charge in [0.2, 0.25) is 0 Å². The molecule has 0 aliphatic heterocycles. The smallest absolute Gasteiger partial charge is 0.262 e. The number of carbonyl (C=O) groups excluding carboxylic acids is 3. The largest absolute Gasteiger partial charge is 0.483 e. The van der Waals surface area contributed by atoms with E-state index in [2.05, 4.69) is 15.8 Å². The number of hydrazone groups is 1. The molecule has 2 rings (SSSR count). The highest BCUT2D eigenvalue weighted by Crippen LogP contribution is 2.21. The van der Waals surface area contributed by atoms with Crippen molar-refractivity contribution in [2.24, 2.45) is 16.8 Å². The highest BCUT2D eigenvalue weighted by molar-refractivity contribution is 6.31. The fraction of sp³-hybridized carbons (Fsp3) is 0.238. The molecule has 1 atom stereocenters. The molecule has 2 aromatic rings. The van der Waals surface area contributed by atoms with Crippen molar-refractivity contribution in [3.8, 4) is 5.75 Å². The maximum Gasteiger partial charge on any atom is 0.262 e. The van der Waals surface area contributed by atoms with E-state index in [1.165, 1.54) is 6.21 Å². The zero-order valence-electron chi connectivity index (χ0n) is 16.9. The molecule has 164 valence electrons. The SMILES string of the molecule is CC(C)C(NC(=O)c1ccc(Cl)cc1)C(=O)N/N=C/c1cc(Cl)ccc1OCC(N)=O. The Hall–Kier alpha value is -3.10. The minimum atomic E-state index is -0.828. The molecule has 10 heteroatoms. The molecule has 0 spiro atoms. The van der Waals surface area contributed by atoms with E-state index >= 15 is 0 Å². The van der Waals surface area contributed by atoms with E-state index in [0.29, 0.717) is 26.9 Å². The molecule has 0 heterocycles. The number of nitrogens with one attached hydrogen (secondary N) is 2. The van der Waals surface area contributed by atoms with Crippen molar-refractivity contribution < 1.29 is 19.1 Å². The number of halogens is 2. The lowest BCUT2D eigenvalue weighted by molar-refractivity contribution is -0.124. The second-order valence-electron chi connectivity index (χ2n) is 6.87. The van der Waals surface area contributed by atoms with Crippen molar-refractivity contribution in [1.29, 1.82) is 0 Å². The van der Waals surface area contributed by atoms with Crippen molar-refractivity contribution in [3.63, 3.8) is 0 Å². The highest BCUT2D eigenvalue weighted by atomic mass is 35.5. The summed E-state index contributed by atoms with van der Waals surface area (Å²) >= 11 is 11.8. The van der Waals surface area contributed by atoms with E-state index in [1.54, 1.807) is 56.3 Å². The third-order valence-corrected chi connectivity index (χ3v) is 4.55. The molecule has 31 heavy (non-hydrogen) atoms. The van der Waals surface area contributed by atoms with Gasteiger partial charge in [0.05, 0.1) is 6.21 Å². The monoisotopic (exact) mass is 464 g/mol. The first-order valence-electron chi connectivity index (χ1n) is 9.27. The zero-order chi connectivity index (χ0) is 23.0. The summed E-state index contributed by atoms with van der Waals surface area (Å²) in [7, 11) is 0. The van der Waals surface area contributed by atoms with Gasteiger partial charge in [-0.25, -0.2) is 5.43 Å². The Balaban J connectivity index is 2.07. The molecule has 0 aliphatic carbocycles. The van der Waals surface area contributed by atoms with Gasteiger partial charge in [0.1, 0.15) is 11.8 Å². The van der Waals surface area contributed by atoms with Crippen LogP contribution in [0.1, 0.15) is 29.8 Å². The van der Waals surface area contributed by atoms with Crippen LogP contribution in [0.3, 0.4) is 0 Å². The van der Waals surface area contributed by atoms with Crippen molar-refractivity contribution in [2.45, 2.75) is 19.9 Å². The first-order chi connectivity index (χ1) is 14.7. The van der Waals surface area contributed by atoms with Gasteiger partial charge in [-0.15, -0.1) is 0 Å². The number of amides is 3. The van der Waals surface area contributed by atoms with Crippen molar-refractivity contribution >= 4 is 47.1 Å². The van der Waals surface area contributed by atoms with Gasteiger partial charge in [-0.05, 0) is 48.4 Å². The van der Waals surface area contributed by atoms with E-state index in [4.69, 9.17) is 33.7 Å².